The van der Waals surface area contributed by atoms with Gasteiger partial charge in [0.1, 0.15) is 0 Å². The second-order valence-corrected chi connectivity index (χ2v) is 4.29. The number of nitrogens with one attached hydrogen (secondary N) is 1. The van der Waals surface area contributed by atoms with E-state index < -0.39 is 0 Å². The molecular formula is C15H18N4. The van der Waals surface area contributed by atoms with Gasteiger partial charge in [-0.3, -0.25) is 5.43 Å². The molecule has 0 spiro atoms. The monoisotopic (exact) mass is 254 g/mol. The summed E-state index contributed by atoms with van der Waals surface area (Å²) in [7, 11) is 0. The van der Waals surface area contributed by atoms with E-state index >= 15 is 0 Å². The van der Waals surface area contributed by atoms with Gasteiger partial charge in [0, 0.05) is 0 Å². The first-order valence-electron chi connectivity index (χ1n) is 6.17. The lowest BCUT2D eigenvalue weighted by molar-refractivity contribution is 0.956. The third-order valence-electron chi connectivity index (χ3n) is 2.64. The molecule has 0 amide bonds. The van der Waals surface area contributed by atoms with Crippen LogP contribution < -0.4 is 16.3 Å². The molecule has 0 saturated heterocycles. The minimum Gasteiger partial charge on any atom is -0.305 e. The molecule has 4 nitrogen and oxygen atoms in total. The van der Waals surface area contributed by atoms with Gasteiger partial charge in [0.05, 0.1) is 23.6 Å². The van der Waals surface area contributed by atoms with Crippen LogP contribution in [0.1, 0.15) is 6.92 Å². The number of benzene rings is 2. The number of hydrazine groups is 1. The summed E-state index contributed by atoms with van der Waals surface area (Å²) in [6.45, 7) is 2.52. The number of hydrazone groups is 1. The van der Waals surface area contributed by atoms with Gasteiger partial charge in [-0.1, -0.05) is 36.4 Å². The lowest BCUT2D eigenvalue weighted by atomic mass is 10.3. The fourth-order valence-corrected chi connectivity index (χ4v) is 1.67. The number of anilines is 2. The molecule has 19 heavy (non-hydrogen) atoms. The van der Waals surface area contributed by atoms with Crippen molar-refractivity contribution in [3.63, 3.8) is 0 Å². The third-order valence-corrected chi connectivity index (χ3v) is 2.64. The molecule has 0 heterocycles. The minimum absolute atomic E-state index is 0.573. The van der Waals surface area contributed by atoms with E-state index in [1.807, 2.05) is 67.6 Å². The van der Waals surface area contributed by atoms with Crippen LogP contribution in [-0.4, -0.2) is 12.3 Å². The highest BCUT2D eigenvalue weighted by atomic mass is 15.4. The maximum Gasteiger partial charge on any atom is 0.0740 e. The number of rotatable bonds is 5. The van der Waals surface area contributed by atoms with Gasteiger partial charge in [0.15, 0.2) is 0 Å². The smallest absolute Gasteiger partial charge is 0.0740 e. The Morgan fingerprint density at radius 1 is 1.05 bits per heavy atom. The fourth-order valence-electron chi connectivity index (χ4n) is 1.67. The Morgan fingerprint density at radius 3 is 2.26 bits per heavy atom. The number of nitrogens with zero attached hydrogens (tertiary/aromatic N) is 2. The van der Waals surface area contributed by atoms with Crippen LogP contribution in [0.3, 0.4) is 0 Å². The lowest BCUT2D eigenvalue weighted by Gasteiger charge is -2.18. The number of nitrogens with two attached hydrogens (primary N) is 1. The molecule has 0 bridgehead atoms. The van der Waals surface area contributed by atoms with E-state index in [1.165, 1.54) is 0 Å². The quantitative estimate of drug-likeness (QED) is 0.490. The third kappa shape index (κ3) is 4.12. The first kappa shape index (κ1) is 13.1. The molecule has 0 aliphatic heterocycles. The maximum absolute atomic E-state index is 5.99. The van der Waals surface area contributed by atoms with Crippen LogP contribution >= 0.6 is 0 Å². The van der Waals surface area contributed by atoms with Crippen molar-refractivity contribution >= 4 is 17.1 Å². The Hall–Kier alpha value is -2.33. The average molecular weight is 254 g/mol. The maximum atomic E-state index is 5.99. The molecule has 0 atom stereocenters. The SMILES string of the molecule is CC(CN(N)c1ccccc1)=NNc1ccccc1. The molecule has 0 unspecified atom stereocenters. The molecular weight excluding hydrogens is 236 g/mol. The first-order valence-corrected chi connectivity index (χ1v) is 6.17. The van der Waals surface area contributed by atoms with Crippen molar-refractivity contribution < 1.29 is 0 Å². The first-order chi connectivity index (χ1) is 9.25. The highest BCUT2D eigenvalue weighted by Crippen LogP contribution is 2.09. The van der Waals surface area contributed by atoms with E-state index in [0.29, 0.717) is 6.54 Å². The van der Waals surface area contributed by atoms with Crippen molar-refractivity contribution in [1.82, 2.24) is 0 Å². The van der Waals surface area contributed by atoms with Crippen LogP contribution in [0, 0.1) is 0 Å². The van der Waals surface area contributed by atoms with E-state index in [9.17, 15) is 0 Å². The normalized spacial score (nSPS) is 11.2. The fraction of sp³-hybridized carbons (Fsp3) is 0.133. The summed E-state index contributed by atoms with van der Waals surface area (Å²) < 4.78 is 0. The zero-order valence-corrected chi connectivity index (χ0v) is 11.0. The molecule has 0 aliphatic carbocycles. The second-order valence-electron chi connectivity index (χ2n) is 4.29. The molecule has 4 heteroatoms. The van der Waals surface area contributed by atoms with Gasteiger partial charge in [-0.25, -0.2) is 5.84 Å². The number of hydrogen-bond donors (Lipinski definition) is 2. The Labute approximate surface area is 113 Å². The highest BCUT2D eigenvalue weighted by Gasteiger charge is 2.02. The Balaban J connectivity index is 1.92. The van der Waals surface area contributed by atoms with Crippen LogP contribution in [0.4, 0.5) is 11.4 Å². The summed E-state index contributed by atoms with van der Waals surface area (Å²) in [6.07, 6.45) is 0. The largest absolute Gasteiger partial charge is 0.305 e. The summed E-state index contributed by atoms with van der Waals surface area (Å²) in [6, 6.07) is 19.7. The van der Waals surface area contributed by atoms with Crippen LogP contribution in [0.2, 0.25) is 0 Å². The van der Waals surface area contributed by atoms with Gasteiger partial charge in [-0.15, -0.1) is 0 Å². The van der Waals surface area contributed by atoms with Crippen molar-refractivity contribution in [2.45, 2.75) is 6.92 Å². The summed E-state index contributed by atoms with van der Waals surface area (Å²) in [5.74, 6) is 5.99. The molecule has 0 aromatic heterocycles. The van der Waals surface area contributed by atoms with Gasteiger partial charge in [-0.2, -0.15) is 5.10 Å². The van der Waals surface area contributed by atoms with Crippen molar-refractivity contribution in [3.8, 4) is 0 Å². The summed E-state index contributed by atoms with van der Waals surface area (Å²) >= 11 is 0. The predicted octanol–water partition coefficient (Wildman–Crippen LogP) is 2.85. The van der Waals surface area contributed by atoms with Crippen LogP contribution in [0.5, 0.6) is 0 Å². The lowest BCUT2D eigenvalue weighted by Crippen LogP contribution is -2.35. The van der Waals surface area contributed by atoms with Crippen LogP contribution in [0.15, 0.2) is 65.8 Å². The minimum atomic E-state index is 0.573. The molecule has 98 valence electrons. The Morgan fingerprint density at radius 2 is 1.63 bits per heavy atom. The Kier molecular flexibility index (Phi) is 4.53. The second kappa shape index (κ2) is 6.56. The molecule has 0 radical (unpaired) electrons. The van der Waals surface area contributed by atoms with Gasteiger partial charge >= 0.3 is 0 Å². The van der Waals surface area contributed by atoms with E-state index in [1.54, 1.807) is 5.01 Å². The number of para-hydroxylation sites is 2. The summed E-state index contributed by atoms with van der Waals surface area (Å²) in [5.41, 5.74) is 5.85. The zero-order chi connectivity index (χ0) is 13.5. The standard InChI is InChI=1S/C15H18N4/c1-13(17-18-14-8-4-2-5-9-14)12-19(16)15-10-6-3-7-11-15/h2-11,18H,12,16H2,1H3. The van der Waals surface area contributed by atoms with Crippen LogP contribution in [0.25, 0.3) is 0 Å². The van der Waals surface area contributed by atoms with Crippen molar-refractivity contribution in [2.75, 3.05) is 17.0 Å². The Bertz CT molecular complexity index is 522. The van der Waals surface area contributed by atoms with E-state index in [0.717, 1.165) is 17.1 Å². The summed E-state index contributed by atoms with van der Waals surface area (Å²) in [5, 5.41) is 5.98. The average Bonchev–Trinajstić information content (AvgIpc) is 2.47. The van der Waals surface area contributed by atoms with Crippen LogP contribution in [-0.2, 0) is 0 Å². The number of hydrogen-bond acceptors (Lipinski definition) is 4. The van der Waals surface area contributed by atoms with Gasteiger partial charge in [-0.05, 0) is 31.2 Å². The molecule has 0 fully saturated rings. The van der Waals surface area contributed by atoms with Crippen molar-refractivity contribution in [1.29, 1.82) is 0 Å². The highest BCUT2D eigenvalue weighted by molar-refractivity contribution is 5.86. The van der Waals surface area contributed by atoms with Crippen molar-refractivity contribution in [2.24, 2.45) is 10.9 Å². The van der Waals surface area contributed by atoms with Gasteiger partial charge in [0.2, 0.25) is 0 Å². The van der Waals surface area contributed by atoms with E-state index in [4.69, 9.17) is 5.84 Å². The molecule has 2 aromatic carbocycles. The zero-order valence-electron chi connectivity index (χ0n) is 11.0. The van der Waals surface area contributed by atoms with Crippen molar-refractivity contribution in [3.05, 3.63) is 60.7 Å². The molecule has 0 saturated carbocycles. The van der Waals surface area contributed by atoms with Gasteiger partial charge in [0.25, 0.3) is 0 Å². The molecule has 3 N–H and O–H groups in total. The van der Waals surface area contributed by atoms with E-state index in [-0.39, 0.29) is 0 Å². The predicted molar refractivity (Wildman–Crippen MR) is 81.1 cm³/mol. The molecule has 2 aromatic rings. The molecule has 2 rings (SSSR count). The van der Waals surface area contributed by atoms with Gasteiger partial charge < -0.3 is 5.01 Å². The summed E-state index contributed by atoms with van der Waals surface area (Å²) in [4.78, 5) is 0. The topological polar surface area (TPSA) is 53.6 Å². The van der Waals surface area contributed by atoms with E-state index in [2.05, 4.69) is 10.5 Å². The molecule has 0 aliphatic rings.